The topological polar surface area (TPSA) is 89.1 Å². The number of hydrogen-bond acceptors (Lipinski definition) is 6. The van der Waals surface area contributed by atoms with Gasteiger partial charge in [-0.25, -0.2) is 0 Å². The van der Waals surface area contributed by atoms with Gasteiger partial charge in [0.25, 0.3) is 11.9 Å². The first-order valence-corrected chi connectivity index (χ1v) is 11.5. The zero-order valence-corrected chi connectivity index (χ0v) is 19.3. The minimum atomic E-state index is -0.0197. The molecule has 0 spiro atoms. The molecule has 2 aromatic carbocycles. The second-order valence-electron chi connectivity index (χ2n) is 8.54. The first-order valence-electron chi connectivity index (χ1n) is 11.1. The molecule has 8 nitrogen and oxygen atoms in total. The number of benzene rings is 2. The van der Waals surface area contributed by atoms with Gasteiger partial charge in [-0.1, -0.05) is 30.2 Å². The normalized spacial score (nSPS) is 18.6. The van der Waals surface area contributed by atoms with Crippen LogP contribution in [0.4, 0.5) is 6.01 Å². The standard InChI is InChI=1S/C24H25ClN6O2/c1-15-5-8-20(31-27-9-10-28-31)18(12-15)23(32)30-11-3-4-16(2)21(30)14-26-24-29-19-7-6-17(25)13-22(19)33-24/h5-10,12-13,16,21H,3-4,11,14H2,1-2H3,(H,26,29)/t16-,21?/m1/s1. The highest BCUT2D eigenvalue weighted by molar-refractivity contribution is 6.31. The Kier molecular flexibility index (Phi) is 5.76. The molecule has 0 saturated carbocycles. The van der Waals surface area contributed by atoms with Crippen molar-refractivity contribution in [1.29, 1.82) is 0 Å². The van der Waals surface area contributed by atoms with Crippen molar-refractivity contribution < 1.29 is 9.21 Å². The van der Waals surface area contributed by atoms with Crippen molar-refractivity contribution in [3.63, 3.8) is 0 Å². The summed E-state index contributed by atoms with van der Waals surface area (Å²) in [7, 11) is 0. The number of hydrogen-bond donors (Lipinski definition) is 1. The van der Waals surface area contributed by atoms with Gasteiger partial charge in [0.1, 0.15) is 5.52 Å². The molecule has 1 fully saturated rings. The summed E-state index contributed by atoms with van der Waals surface area (Å²) in [5.41, 5.74) is 3.66. The fourth-order valence-corrected chi connectivity index (χ4v) is 4.63. The third kappa shape index (κ3) is 4.30. The summed E-state index contributed by atoms with van der Waals surface area (Å²) >= 11 is 6.06. The monoisotopic (exact) mass is 464 g/mol. The van der Waals surface area contributed by atoms with Crippen LogP contribution in [-0.2, 0) is 0 Å². The molecule has 170 valence electrons. The zero-order chi connectivity index (χ0) is 22.9. The van der Waals surface area contributed by atoms with Gasteiger partial charge in [0, 0.05) is 24.2 Å². The zero-order valence-electron chi connectivity index (χ0n) is 18.5. The fraction of sp³-hybridized carbons (Fsp3) is 0.333. The van der Waals surface area contributed by atoms with Crippen LogP contribution < -0.4 is 5.32 Å². The molecule has 1 aliphatic rings. The highest BCUT2D eigenvalue weighted by Gasteiger charge is 2.33. The van der Waals surface area contributed by atoms with Gasteiger partial charge in [0.05, 0.1) is 29.7 Å². The van der Waals surface area contributed by atoms with Gasteiger partial charge in [-0.15, -0.1) is 0 Å². The van der Waals surface area contributed by atoms with E-state index in [1.807, 2.05) is 36.1 Å². The number of rotatable bonds is 5. The minimum Gasteiger partial charge on any atom is -0.424 e. The summed E-state index contributed by atoms with van der Waals surface area (Å²) < 4.78 is 5.81. The second-order valence-corrected chi connectivity index (χ2v) is 8.97. The molecule has 2 aromatic heterocycles. The van der Waals surface area contributed by atoms with Crippen LogP contribution >= 0.6 is 11.6 Å². The van der Waals surface area contributed by atoms with Gasteiger partial charge in [-0.05, 0) is 49.9 Å². The molecule has 9 heteroatoms. The number of halogens is 1. The number of oxazole rings is 1. The Labute approximate surface area is 196 Å². The molecule has 2 atom stereocenters. The Morgan fingerprint density at radius 1 is 1.21 bits per heavy atom. The molecule has 33 heavy (non-hydrogen) atoms. The van der Waals surface area contributed by atoms with E-state index < -0.39 is 0 Å². The van der Waals surface area contributed by atoms with Crippen LogP contribution in [-0.4, -0.2) is 49.9 Å². The number of carbonyl (C=O) groups is 1. The summed E-state index contributed by atoms with van der Waals surface area (Å²) in [6.07, 6.45) is 5.24. The van der Waals surface area contributed by atoms with E-state index in [1.165, 1.54) is 4.80 Å². The smallest absolute Gasteiger partial charge is 0.295 e. The van der Waals surface area contributed by atoms with Crippen molar-refractivity contribution in [2.24, 2.45) is 5.92 Å². The molecule has 0 radical (unpaired) electrons. The van der Waals surface area contributed by atoms with Crippen LogP contribution in [0.3, 0.4) is 0 Å². The summed E-state index contributed by atoms with van der Waals surface area (Å²) in [4.78, 5) is 21.7. The number of piperidine rings is 1. The number of anilines is 1. The van der Waals surface area contributed by atoms with Gasteiger partial charge in [-0.3, -0.25) is 4.79 Å². The van der Waals surface area contributed by atoms with Crippen LogP contribution in [0.2, 0.25) is 5.02 Å². The molecule has 0 aliphatic carbocycles. The van der Waals surface area contributed by atoms with Crippen molar-refractivity contribution in [3.8, 4) is 5.69 Å². The lowest BCUT2D eigenvalue weighted by atomic mass is 9.90. The van der Waals surface area contributed by atoms with E-state index in [-0.39, 0.29) is 11.9 Å². The molecule has 1 aliphatic heterocycles. The van der Waals surface area contributed by atoms with Gasteiger partial charge in [-0.2, -0.15) is 20.0 Å². The van der Waals surface area contributed by atoms with E-state index in [4.69, 9.17) is 16.0 Å². The third-order valence-corrected chi connectivity index (χ3v) is 6.44. The Hall–Kier alpha value is -3.39. The number of nitrogens with zero attached hydrogens (tertiary/aromatic N) is 5. The number of amides is 1. The Morgan fingerprint density at radius 3 is 2.85 bits per heavy atom. The molecule has 1 saturated heterocycles. The van der Waals surface area contributed by atoms with Gasteiger partial charge in [0.15, 0.2) is 5.58 Å². The van der Waals surface area contributed by atoms with Crippen LogP contribution in [0.15, 0.2) is 53.2 Å². The van der Waals surface area contributed by atoms with Gasteiger partial charge < -0.3 is 14.6 Å². The van der Waals surface area contributed by atoms with E-state index in [2.05, 4.69) is 27.4 Å². The maximum Gasteiger partial charge on any atom is 0.295 e. The molecule has 3 heterocycles. The highest BCUT2D eigenvalue weighted by atomic mass is 35.5. The number of likely N-dealkylation sites (tertiary alicyclic amines) is 1. The summed E-state index contributed by atoms with van der Waals surface area (Å²) in [6.45, 7) is 5.39. The van der Waals surface area contributed by atoms with Crippen molar-refractivity contribution in [3.05, 3.63) is 64.9 Å². The lowest BCUT2D eigenvalue weighted by molar-refractivity contribution is 0.0539. The summed E-state index contributed by atoms with van der Waals surface area (Å²) in [6, 6.07) is 11.5. The predicted molar refractivity (Wildman–Crippen MR) is 127 cm³/mol. The Balaban J connectivity index is 1.40. The molecule has 1 unspecified atom stereocenters. The van der Waals surface area contributed by atoms with E-state index in [9.17, 15) is 4.79 Å². The van der Waals surface area contributed by atoms with E-state index in [1.54, 1.807) is 24.5 Å². The van der Waals surface area contributed by atoms with Crippen LogP contribution in [0.25, 0.3) is 16.8 Å². The Bertz CT molecular complexity index is 1290. The lowest BCUT2D eigenvalue weighted by Crippen LogP contribution is -2.51. The first kappa shape index (κ1) is 21.5. The maximum absolute atomic E-state index is 13.8. The van der Waals surface area contributed by atoms with Gasteiger partial charge in [0.2, 0.25) is 0 Å². The van der Waals surface area contributed by atoms with Crippen molar-refractivity contribution in [2.75, 3.05) is 18.4 Å². The molecular weight excluding hydrogens is 440 g/mol. The third-order valence-electron chi connectivity index (χ3n) is 6.21. The molecule has 1 N–H and O–H groups in total. The van der Waals surface area contributed by atoms with E-state index in [0.717, 1.165) is 23.9 Å². The predicted octanol–water partition coefficient (Wildman–Crippen LogP) is 4.72. The second kappa shape index (κ2) is 8.86. The van der Waals surface area contributed by atoms with Crippen LogP contribution in [0, 0.1) is 12.8 Å². The number of carbonyl (C=O) groups excluding carboxylic acids is 1. The Morgan fingerprint density at radius 2 is 2.03 bits per heavy atom. The summed E-state index contributed by atoms with van der Waals surface area (Å²) in [5, 5.41) is 12.4. The highest BCUT2D eigenvalue weighted by Crippen LogP contribution is 2.28. The quantitative estimate of drug-likeness (QED) is 0.459. The number of aryl methyl sites for hydroxylation is 1. The van der Waals surface area contributed by atoms with Gasteiger partial charge >= 0.3 is 0 Å². The van der Waals surface area contributed by atoms with E-state index >= 15 is 0 Å². The average Bonchev–Trinajstić information content (AvgIpc) is 3.47. The summed E-state index contributed by atoms with van der Waals surface area (Å²) in [5.74, 6) is 0.304. The van der Waals surface area contributed by atoms with Crippen molar-refractivity contribution in [2.45, 2.75) is 32.7 Å². The number of fused-ring (bicyclic) bond motifs is 1. The lowest BCUT2D eigenvalue weighted by Gasteiger charge is -2.40. The SMILES string of the molecule is Cc1ccc(-n2nccn2)c(C(=O)N2CCC[C@@H](C)C2CNc2nc3ccc(Cl)cc3o2)c1. The number of nitrogens with one attached hydrogen (secondary N) is 1. The average molecular weight is 465 g/mol. The minimum absolute atomic E-state index is 0.0104. The van der Waals surface area contributed by atoms with E-state index in [0.29, 0.717) is 46.9 Å². The molecular formula is C24H25ClN6O2. The van der Waals surface area contributed by atoms with Crippen molar-refractivity contribution >= 4 is 34.6 Å². The first-order chi connectivity index (χ1) is 16.0. The maximum atomic E-state index is 13.8. The van der Waals surface area contributed by atoms with Crippen molar-refractivity contribution in [1.82, 2.24) is 24.9 Å². The van der Waals surface area contributed by atoms with Crippen LogP contribution in [0.5, 0.6) is 0 Å². The number of aromatic nitrogens is 4. The molecule has 1 amide bonds. The molecule has 0 bridgehead atoms. The fourth-order valence-electron chi connectivity index (χ4n) is 4.47. The molecule has 4 aromatic rings. The molecule has 5 rings (SSSR count). The largest absolute Gasteiger partial charge is 0.424 e. The van der Waals surface area contributed by atoms with Crippen LogP contribution in [0.1, 0.15) is 35.7 Å².